The van der Waals surface area contributed by atoms with Crippen molar-refractivity contribution in [2.24, 2.45) is 20.4 Å². The summed E-state index contributed by atoms with van der Waals surface area (Å²) in [4.78, 5) is 105. The normalized spacial score (nSPS) is 11.4. The number of hydrogen-bond acceptors (Lipinski definition) is 34. The highest BCUT2D eigenvalue weighted by molar-refractivity contribution is 8.14. The van der Waals surface area contributed by atoms with Crippen LogP contribution in [0.25, 0.3) is 45.6 Å². The molecule has 46 heteroatoms. The number of halogens is 2. The van der Waals surface area contributed by atoms with Gasteiger partial charge >= 0.3 is 0 Å². The van der Waals surface area contributed by atoms with Gasteiger partial charge in [-0.15, -0.1) is 54.1 Å². The van der Waals surface area contributed by atoms with E-state index in [1.54, 1.807) is 117 Å². The number of H-pyrrole nitrogens is 4. The molecule has 8 heterocycles. The van der Waals surface area contributed by atoms with Crippen LogP contribution in [-0.4, -0.2) is 218 Å². The second-order valence-electron chi connectivity index (χ2n) is 27.3. The third-order valence-electron chi connectivity index (χ3n) is 16.7. The molecule has 12 aromatic rings. The molecule has 0 spiro atoms. The number of aliphatic hydroxyl groups excluding tert-OH is 2. The summed E-state index contributed by atoms with van der Waals surface area (Å²) in [6.45, 7) is 15.1. The number of Topliss-reactive ketones (excluding diaryl/α,β-unsaturated/α-hetero) is 5. The number of phenolic OH excluding ortho intramolecular Hbond substituents is 1. The van der Waals surface area contributed by atoms with E-state index in [1.165, 1.54) is 143 Å². The second-order valence-corrected chi connectivity index (χ2v) is 33.2. The molecule has 14 rings (SSSR count). The van der Waals surface area contributed by atoms with Crippen molar-refractivity contribution >= 4 is 144 Å². The Bertz CT molecular complexity index is 5970. The molecule has 0 atom stereocenters. The molecular formula is C86H92F2N22O16S6+2. The van der Waals surface area contributed by atoms with Gasteiger partial charge in [-0.05, 0) is 125 Å². The number of nitrogens with two attached hydrogens (primary N) is 2. The smallest absolute Gasteiger partial charge is 0.251 e. The van der Waals surface area contributed by atoms with Gasteiger partial charge in [-0.1, -0.05) is 103 Å². The highest BCUT2D eigenvalue weighted by Crippen LogP contribution is 2.33. The Kier molecular flexibility index (Phi) is 43.2. The first-order valence-electron chi connectivity index (χ1n) is 38.6. The SMILES string of the molecule is C=C(O)CSC1=NN=C(c2cc([NH2+]O)cc(C(=O)NCc3ccccn3)c2)C1.C=C(O)CSC1=NN=C(c2cc([NH2+]O)cc(C(=O)NCc3cccnc3)c2)C1.CC(=O)CSc1n[nH]c(-c2cccc(C(C)=O)c2)n1.CC(=O)CSc1n[nH]c(-c2cccc(F)c2)n1.COc1cc(-c2nc(SCC(C)=O)n[nH]2)ccc1F.COc1ccc(O)c(-c2nc(SCC(C)=O)n[nH]2)c1.O.O. The summed E-state index contributed by atoms with van der Waals surface area (Å²) in [6, 6.07) is 41.8. The summed E-state index contributed by atoms with van der Waals surface area (Å²) < 4.78 is 36.3. The third kappa shape index (κ3) is 35.0. The molecule has 38 nitrogen and oxygen atoms in total. The van der Waals surface area contributed by atoms with Gasteiger partial charge in [-0.2, -0.15) is 21.2 Å². The van der Waals surface area contributed by atoms with E-state index in [1.807, 2.05) is 30.3 Å². The van der Waals surface area contributed by atoms with Crippen molar-refractivity contribution in [3.05, 3.63) is 246 Å². The summed E-state index contributed by atoms with van der Waals surface area (Å²) in [5, 5.41) is 99.7. The lowest BCUT2D eigenvalue weighted by molar-refractivity contribution is -0.825. The number of ether oxygens (including phenoxy) is 2. The topological polar surface area (TPSA) is 601 Å². The number of quaternary nitrogens is 2. The molecule has 2 aliphatic heterocycles. The van der Waals surface area contributed by atoms with E-state index in [0.29, 0.717) is 177 Å². The van der Waals surface area contributed by atoms with E-state index >= 15 is 0 Å². The summed E-state index contributed by atoms with van der Waals surface area (Å²) in [6.07, 6.45) is 6.01. The quantitative estimate of drug-likeness (QED) is 0.00597. The average molecular weight is 1920 g/mol. The highest BCUT2D eigenvalue weighted by atomic mass is 32.2. The van der Waals surface area contributed by atoms with Crippen LogP contribution in [0, 0.1) is 11.6 Å². The van der Waals surface area contributed by atoms with Crippen molar-refractivity contribution in [1.82, 2.24) is 81.3 Å². The fourth-order valence-corrected chi connectivity index (χ4v) is 14.4. The minimum Gasteiger partial charge on any atom is -0.512 e. The number of rotatable bonds is 33. The Labute approximate surface area is 778 Å². The van der Waals surface area contributed by atoms with Crippen LogP contribution in [0.5, 0.6) is 17.2 Å². The van der Waals surface area contributed by atoms with E-state index in [2.05, 4.69) is 115 Å². The Hall–Kier alpha value is -13.7. The number of amides is 2. The van der Waals surface area contributed by atoms with Gasteiger partial charge in [0.1, 0.15) is 50.5 Å². The molecule has 0 radical (unpaired) electrons. The van der Waals surface area contributed by atoms with Crippen LogP contribution < -0.4 is 31.1 Å². The zero-order chi connectivity index (χ0) is 93.6. The summed E-state index contributed by atoms with van der Waals surface area (Å²) in [5.74, 6) is 4.02. The first kappa shape index (κ1) is 105. The number of hydrogen-bond donors (Lipinski definition) is 13. The van der Waals surface area contributed by atoms with Crippen molar-refractivity contribution in [3.63, 3.8) is 0 Å². The lowest BCUT2D eigenvalue weighted by Crippen LogP contribution is -2.73. The van der Waals surface area contributed by atoms with Crippen LogP contribution in [0.1, 0.15) is 101 Å². The van der Waals surface area contributed by atoms with Crippen LogP contribution >= 0.6 is 70.6 Å². The summed E-state index contributed by atoms with van der Waals surface area (Å²) in [5.41, 5.74) is 11.4. The van der Waals surface area contributed by atoms with E-state index in [9.17, 15) is 68.1 Å². The maximum absolute atomic E-state index is 13.3. The van der Waals surface area contributed by atoms with Crippen molar-refractivity contribution in [2.45, 2.75) is 81.2 Å². The third-order valence-corrected chi connectivity index (χ3v) is 22.8. The summed E-state index contributed by atoms with van der Waals surface area (Å²) in [7, 11) is 2.95. The minimum absolute atomic E-state index is 0. The largest absolute Gasteiger partial charge is 0.512 e. The monoisotopic (exact) mass is 1920 g/mol. The van der Waals surface area contributed by atoms with Crippen molar-refractivity contribution in [1.29, 1.82) is 0 Å². The number of carbonyl (C=O) groups excluding carboxylic acids is 7. The Morgan fingerprint density at radius 1 is 0.470 bits per heavy atom. The lowest BCUT2D eigenvalue weighted by Gasteiger charge is -2.08. The van der Waals surface area contributed by atoms with E-state index in [-0.39, 0.29) is 80.5 Å². The van der Waals surface area contributed by atoms with Crippen LogP contribution in [-0.2, 0) is 32.3 Å². The molecular weight excluding hydrogens is 1830 g/mol. The number of aromatic nitrogens is 14. The van der Waals surface area contributed by atoms with Gasteiger partial charge in [0.05, 0.1) is 89.5 Å². The fraction of sp³-hybridized carbons (Fsp3) is 0.198. The lowest BCUT2D eigenvalue weighted by atomic mass is 10.0. The zero-order valence-corrected chi connectivity index (χ0v) is 76.6. The van der Waals surface area contributed by atoms with E-state index < -0.39 is 5.82 Å². The molecule has 0 unspecified atom stereocenters. The van der Waals surface area contributed by atoms with Crippen LogP contribution in [0.15, 0.2) is 236 Å². The molecule has 19 N–H and O–H groups in total. The van der Waals surface area contributed by atoms with Crippen molar-refractivity contribution in [2.75, 3.05) is 48.7 Å². The number of methoxy groups -OCH3 is 2. The van der Waals surface area contributed by atoms with Crippen LogP contribution in [0.3, 0.4) is 0 Å². The van der Waals surface area contributed by atoms with Gasteiger partial charge in [0.15, 0.2) is 52.0 Å². The number of nitrogens with zero attached hydrogens (tertiary/aromatic N) is 14. The number of carbonyl (C=O) groups is 7. The molecule has 0 saturated carbocycles. The molecule has 690 valence electrons. The molecule has 0 aliphatic carbocycles. The Morgan fingerprint density at radius 3 is 1.38 bits per heavy atom. The summed E-state index contributed by atoms with van der Waals surface area (Å²) >= 11 is 7.75. The number of nitrogens with one attached hydrogen (secondary N) is 6. The number of ketones is 5. The van der Waals surface area contributed by atoms with Crippen molar-refractivity contribution < 1.29 is 99.5 Å². The van der Waals surface area contributed by atoms with E-state index in [0.717, 1.165) is 37.9 Å². The van der Waals surface area contributed by atoms with Crippen molar-refractivity contribution in [3.8, 4) is 62.8 Å². The standard InChI is InChI=1S/2C19H19N5O3S.C13H13N3O2S.C12H12FN3O2S.C12H13N3O3S.C11H10FN3OS.2H2O/c1-12(25)11-28-18-8-17(22-23-18)14-5-15(7-16(6-14)24-27)19(26)21-10-13-3-2-4-20-9-13;1-12(25)11-28-18-9-17(22-23-18)13-6-14(8-16(7-13)24-27)19(26)21-10-15-4-2-3-5-20-15;1-8(17)7-19-13-14-12(15-16-13)11-5-3-4-10(6-11)9(2)18;1-7(17)6-19-12-14-11(15-16-12)8-3-4-9(13)10(5-8)18-2;1-7(16)6-19-12-13-11(14-15-12)9-5-8(18-2)3-4-10(9)17;1-7(16)6-17-11-13-10(14-15-11)8-3-2-4-9(12)5-8;;/h2-7,9,24-25,27H,1,8,10-11H2,(H,21,26);2-8,24-25,27H,1,9-11H2,(H,21,26);3-6H,7H2,1-2H3,(H,14,15,16);3-5H,6H2,1-2H3,(H,14,15,16);3-5,17H,6H2,1-2H3,(H,13,14,15);2-5H,6H2,1H3,(H,13,14,15);2*1H2/p+2. The van der Waals surface area contributed by atoms with Gasteiger partial charge in [0.2, 0.25) is 20.6 Å². The van der Waals surface area contributed by atoms with Crippen LogP contribution in [0.2, 0.25) is 0 Å². The number of phenols is 1. The highest BCUT2D eigenvalue weighted by Gasteiger charge is 2.23. The van der Waals surface area contributed by atoms with Gasteiger partial charge in [-0.3, -0.25) is 63.9 Å². The number of aromatic amines is 4. The maximum atomic E-state index is 13.3. The molecule has 0 saturated heterocycles. The first-order valence-corrected chi connectivity index (χ1v) is 44.6. The predicted octanol–water partition coefficient (Wildman–Crippen LogP) is 11.0. The number of aromatic hydroxyl groups is 1. The number of thioether (sulfide) groups is 6. The second kappa shape index (κ2) is 54.1. The predicted molar refractivity (Wildman–Crippen MR) is 501 cm³/mol. The molecule has 6 aromatic carbocycles. The molecule has 6 aromatic heterocycles. The maximum Gasteiger partial charge on any atom is 0.251 e. The first-order chi connectivity index (χ1) is 62.5. The minimum atomic E-state index is -0.433. The molecule has 0 fully saturated rings. The van der Waals surface area contributed by atoms with E-state index in [4.69, 9.17) is 9.47 Å². The number of pyridine rings is 2. The van der Waals surface area contributed by atoms with Gasteiger partial charge in [0.25, 0.3) is 11.8 Å². The Balaban J connectivity index is 0.000000218. The van der Waals surface area contributed by atoms with Gasteiger partial charge < -0.3 is 46.4 Å². The zero-order valence-electron chi connectivity index (χ0n) is 71.7. The molecule has 2 amide bonds. The van der Waals surface area contributed by atoms with Gasteiger partial charge in [0, 0.05) is 107 Å². The molecule has 132 heavy (non-hydrogen) atoms. The average Bonchev–Trinajstić information content (AvgIpc) is 1.36. The number of aliphatic hydroxyl groups is 2. The van der Waals surface area contributed by atoms with Gasteiger partial charge in [-0.25, -0.2) is 39.1 Å². The Morgan fingerprint density at radius 2 is 0.939 bits per heavy atom. The van der Waals surface area contributed by atoms with Crippen LogP contribution in [0.4, 0.5) is 20.2 Å². The molecule has 2 aliphatic rings. The fourth-order valence-electron chi connectivity index (χ4n) is 10.7. The number of benzene rings is 6. The molecule has 0 bridgehead atoms.